The predicted octanol–water partition coefficient (Wildman–Crippen LogP) is 3.29. The Bertz CT molecular complexity index is 251. The summed E-state index contributed by atoms with van der Waals surface area (Å²) < 4.78 is 5.31. The summed E-state index contributed by atoms with van der Waals surface area (Å²) in [6, 6.07) is 1.50. The largest absolute Gasteiger partial charge is 0.383 e. The molecule has 0 radical (unpaired) electrons. The smallest absolute Gasteiger partial charge is 0.0589 e. The normalized spacial score (nSPS) is 18.8. The number of hydrogen-bond donors (Lipinski definition) is 1. The number of nitrogens with one attached hydrogen (secondary N) is 1. The first kappa shape index (κ1) is 17.9. The fraction of sp³-hybridized carbons (Fsp3) is 1.00. The molecule has 0 aromatic rings. The highest BCUT2D eigenvalue weighted by Gasteiger charge is 2.30. The number of hydrogen-bond acceptors (Lipinski definition) is 3. The van der Waals surface area contributed by atoms with Gasteiger partial charge in [0, 0.05) is 38.8 Å². The molecule has 0 spiro atoms. The zero-order chi connectivity index (χ0) is 15.0. The van der Waals surface area contributed by atoms with Gasteiger partial charge in [-0.3, -0.25) is 4.90 Å². The number of rotatable bonds is 12. The van der Waals surface area contributed by atoms with E-state index in [1.54, 1.807) is 7.11 Å². The molecule has 1 unspecified atom stereocenters. The second-order valence-electron chi connectivity index (χ2n) is 6.75. The van der Waals surface area contributed by atoms with Crippen molar-refractivity contribution in [3.05, 3.63) is 0 Å². The van der Waals surface area contributed by atoms with Crippen LogP contribution in [0.3, 0.4) is 0 Å². The van der Waals surface area contributed by atoms with Crippen molar-refractivity contribution in [2.45, 2.75) is 71.9 Å². The molecule has 1 aliphatic carbocycles. The third kappa shape index (κ3) is 6.11. The Morgan fingerprint density at radius 2 is 1.90 bits per heavy atom. The second kappa shape index (κ2) is 9.01. The highest BCUT2D eigenvalue weighted by Crippen LogP contribution is 2.27. The van der Waals surface area contributed by atoms with Crippen LogP contribution in [0.2, 0.25) is 0 Å². The van der Waals surface area contributed by atoms with Gasteiger partial charge in [-0.25, -0.2) is 0 Å². The Balaban J connectivity index is 2.56. The molecule has 0 aromatic carbocycles. The molecule has 1 atom stereocenters. The molecule has 1 aliphatic rings. The van der Waals surface area contributed by atoms with Crippen molar-refractivity contribution in [2.75, 3.05) is 33.4 Å². The lowest BCUT2D eigenvalue weighted by atomic mass is 9.86. The van der Waals surface area contributed by atoms with E-state index in [1.807, 2.05) is 0 Å². The van der Waals surface area contributed by atoms with Gasteiger partial charge in [-0.05, 0) is 37.5 Å². The summed E-state index contributed by atoms with van der Waals surface area (Å²) in [5.41, 5.74) is 0.374. The van der Waals surface area contributed by atoms with E-state index >= 15 is 0 Å². The Hall–Kier alpha value is -0.120. The van der Waals surface area contributed by atoms with Crippen LogP contribution >= 0.6 is 0 Å². The third-order valence-electron chi connectivity index (χ3n) is 4.87. The van der Waals surface area contributed by atoms with Gasteiger partial charge in [0.25, 0.3) is 0 Å². The van der Waals surface area contributed by atoms with Crippen LogP contribution in [0.5, 0.6) is 0 Å². The molecule has 0 bridgehead atoms. The van der Waals surface area contributed by atoms with Gasteiger partial charge in [0.2, 0.25) is 0 Å². The summed E-state index contributed by atoms with van der Waals surface area (Å²) >= 11 is 0. The molecule has 1 saturated carbocycles. The van der Waals surface area contributed by atoms with Crippen molar-refractivity contribution in [3.63, 3.8) is 0 Å². The van der Waals surface area contributed by atoms with Gasteiger partial charge >= 0.3 is 0 Å². The lowest BCUT2D eigenvalue weighted by Gasteiger charge is -2.39. The Morgan fingerprint density at radius 1 is 1.25 bits per heavy atom. The molecule has 0 aromatic heterocycles. The summed E-state index contributed by atoms with van der Waals surface area (Å²) in [7, 11) is 1.80. The lowest BCUT2D eigenvalue weighted by molar-refractivity contribution is 0.0737. The Labute approximate surface area is 126 Å². The van der Waals surface area contributed by atoms with Gasteiger partial charge in [0.05, 0.1) is 6.61 Å². The van der Waals surface area contributed by atoms with Gasteiger partial charge in [-0.15, -0.1) is 0 Å². The summed E-state index contributed by atoms with van der Waals surface area (Å²) in [5, 5.41) is 3.73. The molecule has 3 nitrogen and oxygen atoms in total. The fourth-order valence-electron chi connectivity index (χ4n) is 2.87. The molecule has 0 saturated heterocycles. The predicted molar refractivity (Wildman–Crippen MR) is 87.2 cm³/mol. The molecule has 1 N–H and O–H groups in total. The summed E-state index contributed by atoms with van der Waals surface area (Å²) in [5.74, 6) is 0. The van der Waals surface area contributed by atoms with E-state index in [9.17, 15) is 0 Å². The van der Waals surface area contributed by atoms with E-state index in [0.717, 1.165) is 25.7 Å². The SMILES string of the molecule is CCC(CC)N(CCOC)CC(C)(CC)CNC1CC1. The van der Waals surface area contributed by atoms with Crippen LogP contribution < -0.4 is 5.32 Å². The van der Waals surface area contributed by atoms with Crippen molar-refractivity contribution in [2.24, 2.45) is 5.41 Å². The highest BCUT2D eigenvalue weighted by molar-refractivity contribution is 4.87. The molecule has 0 aliphatic heterocycles. The van der Waals surface area contributed by atoms with Crippen LogP contribution in [0.25, 0.3) is 0 Å². The van der Waals surface area contributed by atoms with Crippen LogP contribution in [0.4, 0.5) is 0 Å². The minimum atomic E-state index is 0.374. The van der Waals surface area contributed by atoms with Crippen LogP contribution in [0, 0.1) is 5.41 Å². The average Bonchev–Trinajstić information content (AvgIpc) is 3.28. The Morgan fingerprint density at radius 3 is 2.35 bits per heavy atom. The van der Waals surface area contributed by atoms with E-state index in [1.165, 1.54) is 38.6 Å². The molecular formula is C17H36N2O. The summed E-state index contributed by atoms with van der Waals surface area (Å²) in [6.07, 6.45) is 6.45. The molecule has 0 amide bonds. The van der Waals surface area contributed by atoms with Crippen molar-refractivity contribution in [1.82, 2.24) is 10.2 Å². The zero-order valence-electron chi connectivity index (χ0n) is 14.4. The van der Waals surface area contributed by atoms with Crippen molar-refractivity contribution in [1.29, 1.82) is 0 Å². The molecule has 3 heteroatoms. The van der Waals surface area contributed by atoms with E-state index in [2.05, 4.69) is 37.9 Å². The molecular weight excluding hydrogens is 248 g/mol. The maximum atomic E-state index is 5.31. The van der Waals surface area contributed by atoms with Gasteiger partial charge in [0.1, 0.15) is 0 Å². The molecule has 20 heavy (non-hydrogen) atoms. The maximum Gasteiger partial charge on any atom is 0.0589 e. The number of nitrogens with zero attached hydrogens (tertiary/aromatic N) is 1. The minimum Gasteiger partial charge on any atom is -0.383 e. The fourth-order valence-corrected chi connectivity index (χ4v) is 2.87. The van der Waals surface area contributed by atoms with Crippen LogP contribution in [0.1, 0.15) is 59.8 Å². The van der Waals surface area contributed by atoms with Crippen LogP contribution in [0.15, 0.2) is 0 Å². The summed E-state index contributed by atoms with van der Waals surface area (Å²) in [6.45, 7) is 13.6. The number of ether oxygens (including phenoxy) is 1. The third-order valence-corrected chi connectivity index (χ3v) is 4.87. The molecule has 120 valence electrons. The topological polar surface area (TPSA) is 24.5 Å². The van der Waals surface area contributed by atoms with E-state index in [4.69, 9.17) is 4.74 Å². The lowest BCUT2D eigenvalue weighted by Crippen LogP contribution is -2.47. The minimum absolute atomic E-state index is 0.374. The zero-order valence-corrected chi connectivity index (χ0v) is 14.4. The monoisotopic (exact) mass is 284 g/mol. The van der Waals surface area contributed by atoms with Crippen molar-refractivity contribution < 1.29 is 4.74 Å². The van der Waals surface area contributed by atoms with Crippen molar-refractivity contribution >= 4 is 0 Å². The van der Waals surface area contributed by atoms with Crippen molar-refractivity contribution in [3.8, 4) is 0 Å². The van der Waals surface area contributed by atoms with Crippen LogP contribution in [-0.4, -0.2) is 50.3 Å². The molecule has 1 rings (SSSR count). The van der Waals surface area contributed by atoms with Gasteiger partial charge in [0.15, 0.2) is 0 Å². The van der Waals surface area contributed by atoms with Gasteiger partial charge in [-0.2, -0.15) is 0 Å². The molecule has 1 fully saturated rings. The maximum absolute atomic E-state index is 5.31. The Kier molecular flexibility index (Phi) is 8.08. The highest BCUT2D eigenvalue weighted by atomic mass is 16.5. The summed E-state index contributed by atoms with van der Waals surface area (Å²) in [4.78, 5) is 2.65. The number of methoxy groups -OCH3 is 1. The van der Waals surface area contributed by atoms with Gasteiger partial charge in [-0.1, -0.05) is 27.7 Å². The first-order chi connectivity index (χ1) is 9.58. The quantitative estimate of drug-likeness (QED) is 0.595. The molecule has 0 heterocycles. The first-order valence-electron chi connectivity index (χ1n) is 8.54. The van der Waals surface area contributed by atoms with E-state index < -0.39 is 0 Å². The van der Waals surface area contributed by atoms with E-state index in [-0.39, 0.29) is 0 Å². The first-order valence-corrected chi connectivity index (χ1v) is 8.54. The van der Waals surface area contributed by atoms with Gasteiger partial charge < -0.3 is 10.1 Å². The average molecular weight is 284 g/mol. The second-order valence-corrected chi connectivity index (χ2v) is 6.75. The van der Waals surface area contributed by atoms with Crippen LogP contribution in [-0.2, 0) is 4.74 Å². The van der Waals surface area contributed by atoms with E-state index in [0.29, 0.717) is 11.5 Å². The standard InChI is InChI=1S/C17H36N2O/c1-6-16(7-2)19(11-12-20-5)14-17(4,8-3)13-18-15-9-10-15/h15-16,18H,6-14H2,1-5H3.